The largest absolute Gasteiger partial charge is 0.393 e. The van der Waals surface area contributed by atoms with Gasteiger partial charge in [0.25, 0.3) is 0 Å². The molecular formula is C22H38O3. The van der Waals surface area contributed by atoms with Crippen LogP contribution in [-0.4, -0.2) is 30.2 Å². The Balaban J connectivity index is 2.16. The molecule has 3 heteroatoms. The van der Waals surface area contributed by atoms with Crippen LogP contribution in [0.15, 0.2) is 0 Å². The van der Waals surface area contributed by atoms with Crippen LogP contribution >= 0.6 is 0 Å². The standard InChI is InChI=1S/C22H38O3/c1-7-10-20(4)13-17(23)21(5)14(2)8-11-22(15(3)19(20)24)12-9-16(25-6)18(21)22/h14-18,23H,7-13H2,1-6H3/t14-,15+,16-,17-,18?,20-,21+,22?/m1/s1. The monoisotopic (exact) mass is 350 g/mol. The molecule has 0 saturated heterocycles. The number of hydrogen-bond acceptors (Lipinski definition) is 3. The zero-order valence-corrected chi connectivity index (χ0v) is 17.1. The molecule has 2 unspecified atom stereocenters. The Bertz CT molecular complexity index is 531. The minimum absolute atomic E-state index is 0.00935. The number of carbonyl (C=O) groups excluding carboxylic acids is 1. The van der Waals surface area contributed by atoms with Gasteiger partial charge in [-0.15, -0.1) is 0 Å². The number of aliphatic hydroxyl groups is 1. The summed E-state index contributed by atoms with van der Waals surface area (Å²) < 4.78 is 5.93. The van der Waals surface area contributed by atoms with Crippen molar-refractivity contribution in [3.8, 4) is 0 Å². The van der Waals surface area contributed by atoms with Crippen LogP contribution in [0, 0.1) is 34.0 Å². The maximum Gasteiger partial charge on any atom is 0.142 e. The van der Waals surface area contributed by atoms with Gasteiger partial charge in [0.2, 0.25) is 0 Å². The summed E-state index contributed by atoms with van der Waals surface area (Å²) in [6.45, 7) is 11.1. The van der Waals surface area contributed by atoms with Crippen LogP contribution in [0.25, 0.3) is 0 Å². The highest BCUT2D eigenvalue weighted by atomic mass is 16.5. The minimum Gasteiger partial charge on any atom is -0.393 e. The average molecular weight is 351 g/mol. The predicted molar refractivity (Wildman–Crippen MR) is 100 cm³/mol. The molecule has 25 heavy (non-hydrogen) atoms. The predicted octanol–water partition coefficient (Wildman–Crippen LogP) is 4.61. The normalized spacial score (nSPS) is 53.2. The lowest BCUT2D eigenvalue weighted by Gasteiger charge is -2.61. The van der Waals surface area contributed by atoms with Gasteiger partial charge in [0.15, 0.2) is 0 Å². The van der Waals surface area contributed by atoms with Gasteiger partial charge in [0.1, 0.15) is 5.78 Å². The first-order chi connectivity index (χ1) is 11.7. The molecule has 0 aromatic rings. The van der Waals surface area contributed by atoms with Gasteiger partial charge in [-0.3, -0.25) is 4.79 Å². The molecule has 8 atom stereocenters. The van der Waals surface area contributed by atoms with E-state index in [-0.39, 0.29) is 28.8 Å². The number of Topliss-reactive ketones (excluding diaryl/α,β-unsaturated/α-hetero) is 1. The third-order valence-corrected chi connectivity index (χ3v) is 8.98. The van der Waals surface area contributed by atoms with Crippen molar-refractivity contribution in [2.24, 2.45) is 34.0 Å². The van der Waals surface area contributed by atoms with Gasteiger partial charge >= 0.3 is 0 Å². The van der Waals surface area contributed by atoms with Crippen LogP contribution in [0.4, 0.5) is 0 Å². The summed E-state index contributed by atoms with van der Waals surface area (Å²) in [6.07, 6.45) is 6.53. The number of carbonyl (C=O) groups is 1. The molecule has 3 rings (SSSR count). The fourth-order valence-electron chi connectivity index (χ4n) is 7.31. The number of rotatable bonds is 3. The van der Waals surface area contributed by atoms with Gasteiger partial charge in [0, 0.05) is 23.9 Å². The van der Waals surface area contributed by atoms with Gasteiger partial charge in [0.05, 0.1) is 12.2 Å². The Morgan fingerprint density at radius 1 is 1.20 bits per heavy atom. The molecule has 3 saturated carbocycles. The van der Waals surface area contributed by atoms with Crippen LogP contribution in [-0.2, 0) is 9.53 Å². The van der Waals surface area contributed by atoms with E-state index >= 15 is 0 Å². The van der Waals surface area contributed by atoms with Crippen molar-refractivity contribution in [1.29, 1.82) is 0 Å². The highest BCUT2D eigenvalue weighted by Gasteiger charge is 2.67. The topological polar surface area (TPSA) is 46.5 Å². The summed E-state index contributed by atoms with van der Waals surface area (Å²) >= 11 is 0. The first kappa shape index (κ1) is 19.4. The maximum atomic E-state index is 13.6. The van der Waals surface area contributed by atoms with Gasteiger partial charge in [-0.2, -0.15) is 0 Å². The minimum atomic E-state index is -0.434. The molecule has 1 N–H and O–H groups in total. The van der Waals surface area contributed by atoms with Crippen molar-refractivity contribution in [3.63, 3.8) is 0 Å². The van der Waals surface area contributed by atoms with Gasteiger partial charge in [-0.05, 0) is 55.8 Å². The third kappa shape index (κ3) is 2.48. The smallest absolute Gasteiger partial charge is 0.142 e. The quantitative estimate of drug-likeness (QED) is 0.808. The van der Waals surface area contributed by atoms with Crippen LogP contribution in [0.1, 0.15) is 79.6 Å². The molecule has 0 aromatic carbocycles. The van der Waals surface area contributed by atoms with E-state index in [0.717, 1.165) is 38.5 Å². The van der Waals surface area contributed by atoms with E-state index in [0.29, 0.717) is 18.1 Å². The molecule has 3 aliphatic rings. The Morgan fingerprint density at radius 2 is 1.84 bits per heavy atom. The first-order valence-corrected chi connectivity index (χ1v) is 10.4. The van der Waals surface area contributed by atoms with Crippen molar-refractivity contribution < 1.29 is 14.6 Å². The zero-order chi connectivity index (χ0) is 18.6. The maximum absolute atomic E-state index is 13.6. The summed E-state index contributed by atoms with van der Waals surface area (Å²) in [6, 6.07) is 0. The van der Waals surface area contributed by atoms with E-state index in [9.17, 15) is 9.90 Å². The third-order valence-electron chi connectivity index (χ3n) is 8.98. The van der Waals surface area contributed by atoms with Crippen molar-refractivity contribution in [2.75, 3.05) is 7.11 Å². The number of ketones is 1. The van der Waals surface area contributed by atoms with Gasteiger partial charge < -0.3 is 9.84 Å². The fourth-order valence-corrected chi connectivity index (χ4v) is 7.31. The van der Waals surface area contributed by atoms with E-state index in [1.165, 1.54) is 0 Å². The molecule has 144 valence electrons. The lowest BCUT2D eigenvalue weighted by atomic mass is 9.44. The van der Waals surface area contributed by atoms with Crippen molar-refractivity contribution in [3.05, 3.63) is 0 Å². The average Bonchev–Trinajstić information content (AvgIpc) is 2.97. The summed E-state index contributed by atoms with van der Waals surface area (Å²) in [5.74, 6) is 1.21. The van der Waals surface area contributed by atoms with Crippen LogP contribution in [0.3, 0.4) is 0 Å². The first-order valence-electron chi connectivity index (χ1n) is 10.4. The van der Waals surface area contributed by atoms with Crippen molar-refractivity contribution in [2.45, 2.75) is 91.8 Å². The molecule has 0 spiro atoms. The van der Waals surface area contributed by atoms with E-state index < -0.39 is 11.5 Å². The molecule has 0 aliphatic heterocycles. The highest BCUT2D eigenvalue weighted by Crippen LogP contribution is 2.68. The lowest BCUT2D eigenvalue weighted by molar-refractivity contribution is -0.192. The van der Waals surface area contributed by atoms with E-state index in [1.54, 1.807) is 0 Å². The second kappa shape index (κ2) is 6.34. The Hall–Kier alpha value is -0.410. The van der Waals surface area contributed by atoms with Crippen LogP contribution < -0.4 is 0 Å². The zero-order valence-electron chi connectivity index (χ0n) is 17.1. The molecule has 0 heterocycles. The molecule has 3 aliphatic carbocycles. The molecule has 0 radical (unpaired) electrons. The van der Waals surface area contributed by atoms with Crippen LogP contribution in [0.2, 0.25) is 0 Å². The SMILES string of the molecule is CCC[C@]1(C)C[C@@H](O)[C@@]2(C)C3[C@H](OC)CCC3(CC[C@H]2C)[C@@H](C)C1=O. The summed E-state index contributed by atoms with van der Waals surface area (Å²) in [5.41, 5.74) is -0.552. The Kier molecular flexibility index (Phi) is 4.90. The van der Waals surface area contributed by atoms with E-state index in [2.05, 4.69) is 34.6 Å². The molecule has 3 nitrogen and oxygen atoms in total. The summed E-state index contributed by atoms with van der Waals surface area (Å²) in [5, 5.41) is 11.5. The van der Waals surface area contributed by atoms with Gasteiger partial charge in [-0.25, -0.2) is 0 Å². The van der Waals surface area contributed by atoms with E-state index in [1.807, 2.05) is 7.11 Å². The molecule has 2 bridgehead atoms. The molecule has 0 aromatic heterocycles. The van der Waals surface area contributed by atoms with Crippen molar-refractivity contribution in [1.82, 2.24) is 0 Å². The lowest BCUT2D eigenvalue weighted by Crippen LogP contribution is -2.62. The van der Waals surface area contributed by atoms with Crippen LogP contribution in [0.5, 0.6) is 0 Å². The second-order valence-corrected chi connectivity index (χ2v) is 9.95. The van der Waals surface area contributed by atoms with E-state index in [4.69, 9.17) is 4.74 Å². The summed E-state index contributed by atoms with van der Waals surface area (Å²) in [4.78, 5) is 13.6. The highest BCUT2D eigenvalue weighted by molar-refractivity contribution is 5.87. The number of ether oxygens (including phenoxy) is 1. The Labute approximate surface area is 153 Å². The summed E-state index contributed by atoms with van der Waals surface area (Å²) in [7, 11) is 1.81. The second-order valence-electron chi connectivity index (χ2n) is 9.95. The number of hydrogen-bond donors (Lipinski definition) is 1. The molecular weight excluding hydrogens is 312 g/mol. The number of methoxy groups -OCH3 is 1. The molecule has 0 amide bonds. The fraction of sp³-hybridized carbons (Fsp3) is 0.955. The van der Waals surface area contributed by atoms with Gasteiger partial charge in [-0.1, -0.05) is 41.0 Å². The number of aliphatic hydroxyl groups excluding tert-OH is 1. The van der Waals surface area contributed by atoms with Crippen molar-refractivity contribution >= 4 is 5.78 Å². The molecule has 3 fully saturated rings. The Morgan fingerprint density at radius 3 is 2.44 bits per heavy atom.